The maximum absolute atomic E-state index is 6.07. The third-order valence-electron chi connectivity index (χ3n) is 4.71. The Bertz CT molecular complexity index is 544. The molecular weight excluding hydrogens is 320 g/mol. The average molecular weight is 351 g/mol. The summed E-state index contributed by atoms with van der Waals surface area (Å²) in [6, 6.07) is 8.63. The number of likely N-dealkylation sites (tertiary alicyclic amines) is 1. The molecule has 0 saturated carbocycles. The zero-order valence-corrected chi connectivity index (χ0v) is 16.2. The first-order valence-electron chi connectivity index (χ1n) is 8.90. The minimum absolute atomic E-state index is 0.637. The molecule has 1 N–H and O–H groups in total. The van der Waals surface area contributed by atoms with Gasteiger partial charge in [0.15, 0.2) is 5.96 Å². The summed E-state index contributed by atoms with van der Waals surface area (Å²) >= 11 is 6.07. The molecule has 0 spiro atoms. The van der Waals surface area contributed by atoms with Gasteiger partial charge in [-0.25, -0.2) is 0 Å². The summed E-state index contributed by atoms with van der Waals surface area (Å²) in [4.78, 5) is 9.16. The van der Waals surface area contributed by atoms with Gasteiger partial charge in [-0.2, -0.15) is 0 Å². The number of hydrogen-bond donors (Lipinski definition) is 1. The van der Waals surface area contributed by atoms with Crippen molar-refractivity contribution in [2.45, 2.75) is 39.3 Å². The molecule has 1 aliphatic heterocycles. The highest BCUT2D eigenvalue weighted by Crippen LogP contribution is 2.18. The fourth-order valence-corrected chi connectivity index (χ4v) is 3.55. The van der Waals surface area contributed by atoms with Crippen LogP contribution < -0.4 is 5.32 Å². The summed E-state index contributed by atoms with van der Waals surface area (Å²) in [7, 11) is 3.91. The van der Waals surface area contributed by atoms with Crippen LogP contribution in [0.15, 0.2) is 29.3 Å². The summed E-state index contributed by atoms with van der Waals surface area (Å²) in [5.41, 5.74) is 1.19. The molecule has 5 heteroatoms. The fourth-order valence-electron chi connectivity index (χ4n) is 3.34. The number of aliphatic imine (C=N–C) groups is 1. The molecule has 0 aromatic heterocycles. The number of benzene rings is 1. The van der Waals surface area contributed by atoms with Crippen molar-refractivity contribution < 1.29 is 0 Å². The molecule has 1 aromatic carbocycles. The lowest BCUT2D eigenvalue weighted by molar-refractivity contribution is 0.140. The Kier molecular flexibility index (Phi) is 7.38. The number of guanidine groups is 1. The largest absolute Gasteiger partial charge is 0.356 e. The van der Waals surface area contributed by atoms with Crippen LogP contribution in [0.5, 0.6) is 0 Å². The molecule has 1 saturated heterocycles. The van der Waals surface area contributed by atoms with Crippen molar-refractivity contribution in [1.29, 1.82) is 0 Å². The summed E-state index contributed by atoms with van der Waals surface area (Å²) in [5.74, 6) is 1.63. The number of nitrogens with one attached hydrogen (secondary N) is 1. The van der Waals surface area contributed by atoms with Gasteiger partial charge < -0.3 is 15.1 Å². The van der Waals surface area contributed by atoms with E-state index in [1.807, 2.05) is 25.2 Å². The molecule has 1 heterocycles. The summed E-state index contributed by atoms with van der Waals surface area (Å²) in [6.45, 7) is 8.76. The minimum Gasteiger partial charge on any atom is -0.356 e. The molecule has 4 nitrogen and oxygen atoms in total. The van der Waals surface area contributed by atoms with Crippen molar-refractivity contribution in [2.75, 3.05) is 33.7 Å². The SMILES string of the molecule is CN=C(NCC1CCCN(C(C)C)C1)N(C)Cc1cccc(Cl)c1. The first-order chi connectivity index (χ1) is 11.5. The van der Waals surface area contributed by atoms with Gasteiger partial charge in [0.25, 0.3) is 0 Å². The second kappa shape index (κ2) is 9.28. The zero-order chi connectivity index (χ0) is 17.5. The lowest BCUT2D eigenvalue weighted by Crippen LogP contribution is -2.46. The van der Waals surface area contributed by atoms with Crippen molar-refractivity contribution in [3.8, 4) is 0 Å². The van der Waals surface area contributed by atoms with E-state index in [-0.39, 0.29) is 0 Å². The Labute approximate surface area is 151 Å². The zero-order valence-electron chi connectivity index (χ0n) is 15.4. The highest BCUT2D eigenvalue weighted by Gasteiger charge is 2.22. The van der Waals surface area contributed by atoms with E-state index in [0.717, 1.165) is 24.1 Å². The van der Waals surface area contributed by atoms with Gasteiger partial charge in [0.1, 0.15) is 0 Å². The summed E-state index contributed by atoms with van der Waals surface area (Å²) in [6.07, 6.45) is 2.59. The average Bonchev–Trinajstić information content (AvgIpc) is 2.55. The second-order valence-corrected chi connectivity index (χ2v) is 7.45. The maximum atomic E-state index is 6.07. The van der Waals surface area contributed by atoms with Crippen LogP contribution in [0, 0.1) is 5.92 Å². The molecule has 0 radical (unpaired) electrons. The normalized spacial score (nSPS) is 19.6. The molecule has 0 aliphatic carbocycles. The van der Waals surface area contributed by atoms with Crippen molar-refractivity contribution in [3.63, 3.8) is 0 Å². The maximum Gasteiger partial charge on any atom is 0.193 e. The first kappa shape index (κ1) is 19.1. The molecule has 1 atom stereocenters. The van der Waals surface area contributed by atoms with Crippen molar-refractivity contribution in [3.05, 3.63) is 34.9 Å². The Hall–Kier alpha value is -1.26. The molecule has 1 unspecified atom stereocenters. The lowest BCUT2D eigenvalue weighted by atomic mass is 9.97. The molecule has 1 aliphatic rings. The highest BCUT2D eigenvalue weighted by molar-refractivity contribution is 6.30. The smallest absolute Gasteiger partial charge is 0.193 e. The Balaban J connectivity index is 1.85. The summed E-state index contributed by atoms with van der Waals surface area (Å²) in [5, 5.41) is 4.33. The van der Waals surface area contributed by atoms with Crippen LogP contribution in [0.25, 0.3) is 0 Å². The van der Waals surface area contributed by atoms with Gasteiger partial charge in [0, 0.05) is 44.8 Å². The first-order valence-corrected chi connectivity index (χ1v) is 9.27. The van der Waals surface area contributed by atoms with E-state index >= 15 is 0 Å². The molecule has 24 heavy (non-hydrogen) atoms. The van der Waals surface area contributed by atoms with Crippen LogP contribution in [-0.2, 0) is 6.54 Å². The van der Waals surface area contributed by atoms with Crippen LogP contribution in [-0.4, -0.2) is 55.5 Å². The van der Waals surface area contributed by atoms with Gasteiger partial charge in [-0.1, -0.05) is 23.7 Å². The van der Waals surface area contributed by atoms with Crippen LogP contribution in [0.2, 0.25) is 5.02 Å². The fraction of sp³-hybridized carbons (Fsp3) is 0.632. The van der Waals surface area contributed by atoms with Gasteiger partial charge in [0.2, 0.25) is 0 Å². The molecule has 0 bridgehead atoms. The standard InChI is InChI=1S/C19H31ClN4/c1-15(2)24-10-6-8-17(14-24)12-22-19(21-3)23(4)13-16-7-5-9-18(20)11-16/h5,7,9,11,15,17H,6,8,10,12-14H2,1-4H3,(H,21,22). The van der Waals surface area contributed by atoms with E-state index in [0.29, 0.717) is 12.0 Å². The topological polar surface area (TPSA) is 30.9 Å². The number of nitrogens with zero attached hydrogens (tertiary/aromatic N) is 3. The molecule has 1 fully saturated rings. The van der Waals surface area contributed by atoms with E-state index in [4.69, 9.17) is 11.6 Å². The van der Waals surface area contributed by atoms with E-state index in [1.165, 1.54) is 31.5 Å². The van der Waals surface area contributed by atoms with Gasteiger partial charge in [-0.15, -0.1) is 0 Å². The van der Waals surface area contributed by atoms with Gasteiger partial charge in [-0.05, 0) is 56.8 Å². The number of rotatable bonds is 5. The monoisotopic (exact) mass is 350 g/mol. The van der Waals surface area contributed by atoms with Crippen LogP contribution >= 0.6 is 11.6 Å². The molecule has 134 valence electrons. The van der Waals surface area contributed by atoms with E-state index < -0.39 is 0 Å². The third kappa shape index (κ3) is 5.67. The van der Waals surface area contributed by atoms with Crippen LogP contribution in [0.1, 0.15) is 32.3 Å². The van der Waals surface area contributed by atoms with Crippen molar-refractivity contribution in [2.24, 2.45) is 10.9 Å². The van der Waals surface area contributed by atoms with Crippen molar-refractivity contribution >= 4 is 17.6 Å². The van der Waals surface area contributed by atoms with Gasteiger partial charge in [-0.3, -0.25) is 4.99 Å². The molecular formula is C19H31ClN4. The molecule has 2 rings (SSSR count). The van der Waals surface area contributed by atoms with E-state index in [9.17, 15) is 0 Å². The van der Waals surface area contributed by atoms with Gasteiger partial charge >= 0.3 is 0 Å². The minimum atomic E-state index is 0.637. The number of hydrogen-bond acceptors (Lipinski definition) is 2. The predicted molar refractivity (Wildman–Crippen MR) is 104 cm³/mol. The Morgan fingerprint density at radius 2 is 2.25 bits per heavy atom. The lowest BCUT2D eigenvalue weighted by Gasteiger charge is -2.36. The second-order valence-electron chi connectivity index (χ2n) is 7.01. The highest BCUT2D eigenvalue weighted by atomic mass is 35.5. The van der Waals surface area contributed by atoms with Crippen LogP contribution in [0.3, 0.4) is 0 Å². The van der Waals surface area contributed by atoms with Crippen LogP contribution in [0.4, 0.5) is 0 Å². The van der Waals surface area contributed by atoms with Gasteiger partial charge in [0.05, 0.1) is 0 Å². The van der Waals surface area contributed by atoms with Crippen molar-refractivity contribution in [1.82, 2.24) is 15.1 Å². The third-order valence-corrected chi connectivity index (χ3v) is 4.95. The Morgan fingerprint density at radius 1 is 1.46 bits per heavy atom. The molecule has 0 amide bonds. The van der Waals surface area contributed by atoms with E-state index in [1.54, 1.807) is 0 Å². The number of halogens is 1. The summed E-state index contributed by atoms with van der Waals surface area (Å²) < 4.78 is 0. The predicted octanol–water partition coefficient (Wildman–Crippen LogP) is 3.47. The number of piperidine rings is 1. The quantitative estimate of drug-likeness (QED) is 0.651. The van der Waals surface area contributed by atoms with E-state index in [2.05, 4.69) is 47.1 Å². The Morgan fingerprint density at radius 3 is 2.92 bits per heavy atom. The molecule has 1 aromatic rings.